The third-order valence-corrected chi connectivity index (χ3v) is 5.50. The SMILES string of the molecule is COc1ccc(-c2nnc(NC3CCCC[C@]3(C)O)n3cncc23)c(OC(F)(F)F)c1. The monoisotopic (exact) mass is 437 g/mol. The van der Waals surface area contributed by atoms with E-state index in [1.165, 1.54) is 31.8 Å². The number of ether oxygens (including phenoxy) is 2. The van der Waals surface area contributed by atoms with Crippen molar-refractivity contribution in [1.29, 1.82) is 0 Å². The van der Waals surface area contributed by atoms with Crippen molar-refractivity contribution in [2.24, 2.45) is 0 Å². The summed E-state index contributed by atoms with van der Waals surface area (Å²) in [6.07, 6.45) is 1.41. The summed E-state index contributed by atoms with van der Waals surface area (Å²) in [6, 6.07) is 3.84. The Morgan fingerprint density at radius 1 is 1.26 bits per heavy atom. The van der Waals surface area contributed by atoms with E-state index in [2.05, 4.69) is 25.2 Å². The molecule has 2 N–H and O–H groups in total. The molecular formula is C20H22F3N5O3. The van der Waals surface area contributed by atoms with Gasteiger partial charge < -0.3 is 19.9 Å². The van der Waals surface area contributed by atoms with Gasteiger partial charge in [-0.05, 0) is 31.9 Å². The van der Waals surface area contributed by atoms with Gasteiger partial charge in [0.1, 0.15) is 23.5 Å². The van der Waals surface area contributed by atoms with Crippen LogP contribution in [0.3, 0.4) is 0 Å². The topological polar surface area (TPSA) is 93.8 Å². The number of alkyl halides is 3. The molecule has 4 rings (SSSR count). The molecule has 0 saturated heterocycles. The van der Waals surface area contributed by atoms with E-state index in [0.717, 1.165) is 25.3 Å². The Hall–Kier alpha value is -3.08. The maximum Gasteiger partial charge on any atom is 0.573 e. The highest BCUT2D eigenvalue weighted by atomic mass is 19.4. The number of benzene rings is 1. The molecule has 11 heteroatoms. The first kappa shape index (κ1) is 21.2. The third kappa shape index (κ3) is 4.36. The quantitative estimate of drug-likeness (QED) is 0.627. The molecule has 3 aromatic rings. The van der Waals surface area contributed by atoms with Crippen LogP contribution < -0.4 is 14.8 Å². The lowest BCUT2D eigenvalue weighted by atomic mass is 9.82. The fourth-order valence-electron chi connectivity index (χ4n) is 3.86. The van der Waals surface area contributed by atoms with E-state index in [-0.39, 0.29) is 23.0 Å². The average molecular weight is 437 g/mol. The number of methoxy groups -OCH3 is 1. The fraction of sp³-hybridized carbons (Fsp3) is 0.450. The predicted molar refractivity (Wildman–Crippen MR) is 106 cm³/mol. The molecule has 2 aromatic heterocycles. The molecule has 0 aliphatic heterocycles. The highest BCUT2D eigenvalue weighted by molar-refractivity contribution is 5.81. The van der Waals surface area contributed by atoms with E-state index < -0.39 is 17.7 Å². The fourth-order valence-corrected chi connectivity index (χ4v) is 3.86. The van der Waals surface area contributed by atoms with Crippen LogP contribution in [-0.4, -0.2) is 49.8 Å². The summed E-state index contributed by atoms with van der Waals surface area (Å²) in [7, 11) is 1.35. The normalized spacial score (nSPS) is 21.8. The van der Waals surface area contributed by atoms with Crippen LogP contribution in [0.4, 0.5) is 19.1 Å². The molecule has 0 spiro atoms. The minimum Gasteiger partial charge on any atom is -0.497 e. The van der Waals surface area contributed by atoms with Crippen LogP contribution in [0.15, 0.2) is 30.7 Å². The number of imidazole rings is 1. The van der Waals surface area contributed by atoms with Gasteiger partial charge in [-0.1, -0.05) is 12.8 Å². The van der Waals surface area contributed by atoms with Crippen molar-refractivity contribution in [3.63, 3.8) is 0 Å². The second kappa shape index (κ2) is 7.88. The Morgan fingerprint density at radius 2 is 2.06 bits per heavy atom. The number of hydrogen-bond acceptors (Lipinski definition) is 7. The molecule has 1 aliphatic rings. The zero-order valence-corrected chi connectivity index (χ0v) is 17.0. The summed E-state index contributed by atoms with van der Waals surface area (Å²) < 4.78 is 49.7. The van der Waals surface area contributed by atoms with E-state index in [9.17, 15) is 18.3 Å². The lowest BCUT2D eigenvalue weighted by molar-refractivity contribution is -0.274. The number of aliphatic hydroxyl groups is 1. The molecule has 1 unspecified atom stereocenters. The van der Waals surface area contributed by atoms with Crippen LogP contribution in [0.25, 0.3) is 16.8 Å². The molecule has 0 amide bonds. The van der Waals surface area contributed by atoms with Crippen LogP contribution in [0.5, 0.6) is 11.5 Å². The molecule has 0 bridgehead atoms. The van der Waals surface area contributed by atoms with E-state index in [4.69, 9.17) is 4.74 Å². The first-order chi connectivity index (χ1) is 14.7. The third-order valence-electron chi connectivity index (χ3n) is 5.50. The largest absolute Gasteiger partial charge is 0.573 e. The van der Waals surface area contributed by atoms with Gasteiger partial charge in [0.05, 0.1) is 30.5 Å². The first-order valence-corrected chi connectivity index (χ1v) is 9.80. The molecule has 31 heavy (non-hydrogen) atoms. The summed E-state index contributed by atoms with van der Waals surface area (Å²) in [6.45, 7) is 1.77. The van der Waals surface area contributed by atoms with Crippen LogP contribution in [-0.2, 0) is 0 Å². The first-order valence-electron chi connectivity index (χ1n) is 9.80. The maximum absolute atomic E-state index is 13.0. The van der Waals surface area contributed by atoms with Gasteiger partial charge in [-0.15, -0.1) is 23.4 Å². The van der Waals surface area contributed by atoms with Crippen LogP contribution >= 0.6 is 0 Å². The number of halogens is 3. The Kier molecular flexibility index (Phi) is 5.38. The number of hydrogen-bond donors (Lipinski definition) is 2. The Morgan fingerprint density at radius 3 is 2.77 bits per heavy atom. The van der Waals surface area contributed by atoms with E-state index >= 15 is 0 Å². The molecule has 0 radical (unpaired) electrons. The lowest BCUT2D eigenvalue weighted by Gasteiger charge is -2.37. The summed E-state index contributed by atoms with van der Waals surface area (Å²) in [5, 5.41) is 22.2. The molecule has 2 heterocycles. The number of fused-ring (bicyclic) bond motifs is 1. The van der Waals surface area contributed by atoms with Crippen LogP contribution in [0, 0.1) is 0 Å². The van der Waals surface area contributed by atoms with Gasteiger partial charge in [-0.25, -0.2) is 4.98 Å². The molecular weight excluding hydrogens is 415 g/mol. The molecule has 1 saturated carbocycles. The van der Waals surface area contributed by atoms with Gasteiger partial charge in [-0.2, -0.15) is 0 Å². The number of nitrogens with zero attached hydrogens (tertiary/aromatic N) is 4. The van der Waals surface area contributed by atoms with Gasteiger partial charge in [0.15, 0.2) is 0 Å². The van der Waals surface area contributed by atoms with Crippen molar-refractivity contribution in [2.45, 2.75) is 50.6 Å². The number of anilines is 1. The predicted octanol–water partition coefficient (Wildman–Crippen LogP) is 3.80. The van der Waals surface area contributed by atoms with Crippen LogP contribution in [0.2, 0.25) is 0 Å². The standard InChI is InChI=1S/C20H22F3N5O3/c1-19(29)8-4-3-5-16(19)25-18-27-26-17(14-10-24-11-28(14)18)13-7-6-12(30-2)9-15(13)31-20(21,22)23/h6-7,9-11,16,29H,3-5,8H2,1-2H3,(H,25,27)/t16?,19-/m0/s1. The van der Waals surface area contributed by atoms with Gasteiger partial charge in [0.25, 0.3) is 0 Å². The molecule has 2 atom stereocenters. The maximum atomic E-state index is 13.0. The van der Waals surface area contributed by atoms with Crippen molar-refractivity contribution < 1.29 is 27.8 Å². The second-order valence-corrected chi connectivity index (χ2v) is 7.73. The minimum absolute atomic E-state index is 0.0901. The lowest BCUT2D eigenvalue weighted by Crippen LogP contribution is -2.47. The smallest absolute Gasteiger partial charge is 0.497 e. The molecule has 166 valence electrons. The van der Waals surface area contributed by atoms with Gasteiger partial charge in [0.2, 0.25) is 5.95 Å². The zero-order valence-electron chi connectivity index (χ0n) is 17.0. The van der Waals surface area contributed by atoms with Crippen molar-refractivity contribution in [2.75, 3.05) is 12.4 Å². The molecule has 1 aromatic carbocycles. The highest BCUT2D eigenvalue weighted by Gasteiger charge is 2.36. The molecule has 1 aliphatic carbocycles. The Labute approximate surface area is 176 Å². The summed E-state index contributed by atoms with van der Waals surface area (Å²) in [4.78, 5) is 4.11. The van der Waals surface area contributed by atoms with E-state index in [1.807, 2.05) is 0 Å². The van der Waals surface area contributed by atoms with Crippen molar-refractivity contribution >= 4 is 11.5 Å². The van der Waals surface area contributed by atoms with Crippen molar-refractivity contribution in [3.05, 3.63) is 30.7 Å². The second-order valence-electron chi connectivity index (χ2n) is 7.73. The minimum atomic E-state index is -4.89. The Balaban J connectivity index is 1.76. The summed E-state index contributed by atoms with van der Waals surface area (Å²) in [5.41, 5.74) is -0.215. The molecule has 8 nitrogen and oxygen atoms in total. The molecule has 1 fully saturated rings. The summed E-state index contributed by atoms with van der Waals surface area (Å²) >= 11 is 0. The van der Waals surface area contributed by atoms with E-state index in [0.29, 0.717) is 17.9 Å². The average Bonchev–Trinajstić information content (AvgIpc) is 3.19. The summed E-state index contributed by atoms with van der Waals surface area (Å²) in [5.74, 6) is 0.0914. The highest BCUT2D eigenvalue weighted by Crippen LogP contribution is 2.38. The van der Waals surface area contributed by atoms with E-state index in [1.54, 1.807) is 11.3 Å². The van der Waals surface area contributed by atoms with Crippen molar-refractivity contribution in [1.82, 2.24) is 19.6 Å². The number of aromatic nitrogens is 4. The number of rotatable bonds is 5. The van der Waals surface area contributed by atoms with Gasteiger partial charge in [-0.3, -0.25) is 4.40 Å². The van der Waals surface area contributed by atoms with Crippen LogP contribution in [0.1, 0.15) is 32.6 Å². The zero-order chi connectivity index (χ0) is 22.2. The number of nitrogens with one attached hydrogen (secondary N) is 1. The van der Waals surface area contributed by atoms with Gasteiger partial charge in [0, 0.05) is 11.6 Å². The van der Waals surface area contributed by atoms with Gasteiger partial charge >= 0.3 is 6.36 Å². The Bertz CT molecular complexity index is 1080. The van der Waals surface area contributed by atoms with Crippen molar-refractivity contribution in [3.8, 4) is 22.8 Å².